The van der Waals surface area contributed by atoms with E-state index in [-0.39, 0.29) is 23.1 Å². The summed E-state index contributed by atoms with van der Waals surface area (Å²) in [6.45, 7) is 2.04. The number of halogens is 1. The van der Waals surface area contributed by atoms with Gasteiger partial charge in [0.05, 0.1) is 10.6 Å². The van der Waals surface area contributed by atoms with Crippen LogP contribution in [0.3, 0.4) is 0 Å². The van der Waals surface area contributed by atoms with E-state index in [9.17, 15) is 13.2 Å². The molecule has 32 heavy (non-hydrogen) atoms. The SMILES string of the molecule is CCc1ccccc1NC(=O)Cn1cc(S(=O)(=O)Cc2ccc(Cl)cc2)c2ccccc21. The van der Waals surface area contributed by atoms with Gasteiger partial charge in [-0.1, -0.05) is 67.1 Å². The highest BCUT2D eigenvalue weighted by atomic mass is 35.5. The van der Waals surface area contributed by atoms with Crippen molar-refractivity contribution in [3.05, 3.63) is 95.1 Å². The molecule has 1 heterocycles. The van der Waals surface area contributed by atoms with Gasteiger partial charge in [-0.3, -0.25) is 4.79 Å². The lowest BCUT2D eigenvalue weighted by atomic mass is 10.1. The molecule has 7 heteroatoms. The van der Waals surface area contributed by atoms with Crippen molar-refractivity contribution in [2.45, 2.75) is 30.5 Å². The summed E-state index contributed by atoms with van der Waals surface area (Å²) in [5, 5.41) is 4.10. The third kappa shape index (κ3) is 4.71. The number of fused-ring (bicyclic) bond motifs is 1. The quantitative estimate of drug-likeness (QED) is 0.392. The summed E-state index contributed by atoms with van der Waals surface area (Å²) in [6, 6.07) is 21.6. The molecule has 4 rings (SSSR count). The number of anilines is 1. The molecular weight excluding hydrogens is 444 g/mol. The number of hydrogen-bond donors (Lipinski definition) is 1. The van der Waals surface area contributed by atoms with Crippen LogP contribution in [0, 0.1) is 0 Å². The van der Waals surface area contributed by atoms with Crippen LogP contribution in [0.5, 0.6) is 0 Å². The molecule has 5 nitrogen and oxygen atoms in total. The molecule has 0 aliphatic heterocycles. The van der Waals surface area contributed by atoms with Crippen LogP contribution >= 0.6 is 11.6 Å². The van der Waals surface area contributed by atoms with Crippen molar-refractivity contribution in [1.29, 1.82) is 0 Å². The highest BCUT2D eigenvalue weighted by Crippen LogP contribution is 2.28. The van der Waals surface area contributed by atoms with Crippen LogP contribution in [-0.4, -0.2) is 18.9 Å². The molecule has 0 aliphatic rings. The zero-order valence-electron chi connectivity index (χ0n) is 17.6. The third-order valence-electron chi connectivity index (χ3n) is 5.34. The molecule has 1 aromatic heterocycles. The first-order valence-corrected chi connectivity index (χ1v) is 12.3. The largest absolute Gasteiger partial charge is 0.337 e. The van der Waals surface area contributed by atoms with E-state index in [1.165, 1.54) is 0 Å². The molecule has 0 fully saturated rings. The first-order valence-electron chi connectivity index (χ1n) is 10.3. The van der Waals surface area contributed by atoms with E-state index in [4.69, 9.17) is 11.6 Å². The molecule has 3 aromatic carbocycles. The minimum atomic E-state index is -3.63. The molecule has 0 unspecified atom stereocenters. The Labute approximate surface area is 192 Å². The van der Waals surface area contributed by atoms with Crippen LogP contribution in [0.2, 0.25) is 5.02 Å². The van der Waals surface area contributed by atoms with E-state index in [1.54, 1.807) is 47.2 Å². The highest BCUT2D eigenvalue weighted by Gasteiger charge is 2.22. The van der Waals surface area contributed by atoms with E-state index in [2.05, 4.69) is 5.32 Å². The second-order valence-corrected chi connectivity index (χ2v) is 9.98. The number of aromatic nitrogens is 1. The van der Waals surface area contributed by atoms with Crippen LogP contribution in [0.15, 0.2) is 83.9 Å². The summed E-state index contributed by atoms with van der Waals surface area (Å²) in [5.41, 5.74) is 3.16. The van der Waals surface area contributed by atoms with Crippen molar-refractivity contribution in [3.8, 4) is 0 Å². The fourth-order valence-corrected chi connectivity index (χ4v) is 5.47. The molecule has 1 amide bonds. The Morgan fingerprint density at radius 1 is 0.969 bits per heavy atom. The van der Waals surface area contributed by atoms with Gasteiger partial charge in [0.25, 0.3) is 0 Å². The molecule has 0 saturated heterocycles. The summed E-state index contributed by atoms with van der Waals surface area (Å²) in [6.07, 6.45) is 2.36. The van der Waals surface area contributed by atoms with Crippen LogP contribution < -0.4 is 5.32 Å². The number of amides is 1. The summed E-state index contributed by atoms with van der Waals surface area (Å²) in [4.78, 5) is 13.0. The van der Waals surface area contributed by atoms with Gasteiger partial charge in [0.2, 0.25) is 5.91 Å². The Balaban J connectivity index is 1.64. The Kier molecular flexibility index (Phi) is 6.35. The van der Waals surface area contributed by atoms with E-state index >= 15 is 0 Å². The van der Waals surface area contributed by atoms with Crippen molar-refractivity contribution in [1.82, 2.24) is 4.57 Å². The summed E-state index contributed by atoms with van der Waals surface area (Å²) >= 11 is 5.92. The van der Waals surface area contributed by atoms with Crippen LogP contribution in [-0.2, 0) is 33.4 Å². The van der Waals surface area contributed by atoms with Gasteiger partial charge < -0.3 is 9.88 Å². The van der Waals surface area contributed by atoms with Crippen LogP contribution in [0.25, 0.3) is 10.9 Å². The highest BCUT2D eigenvalue weighted by molar-refractivity contribution is 7.90. The average molecular weight is 467 g/mol. The predicted molar refractivity (Wildman–Crippen MR) is 129 cm³/mol. The number of nitrogens with zero attached hydrogens (tertiary/aromatic N) is 1. The van der Waals surface area contributed by atoms with Gasteiger partial charge in [0, 0.05) is 27.8 Å². The molecule has 4 aromatic rings. The summed E-state index contributed by atoms with van der Waals surface area (Å²) in [7, 11) is -3.63. The molecule has 0 bridgehead atoms. The van der Waals surface area contributed by atoms with Gasteiger partial charge in [-0.25, -0.2) is 8.42 Å². The second-order valence-electron chi connectivity index (χ2n) is 7.58. The van der Waals surface area contributed by atoms with E-state index < -0.39 is 9.84 Å². The molecule has 0 saturated carbocycles. The minimum Gasteiger partial charge on any atom is -0.337 e. The van der Waals surface area contributed by atoms with Gasteiger partial charge >= 0.3 is 0 Å². The maximum Gasteiger partial charge on any atom is 0.244 e. The number of carbonyl (C=O) groups excluding carboxylic acids is 1. The Morgan fingerprint density at radius 2 is 1.66 bits per heavy atom. The van der Waals surface area contributed by atoms with Gasteiger partial charge in [0.1, 0.15) is 6.54 Å². The first kappa shape index (κ1) is 22.1. The van der Waals surface area contributed by atoms with Crippen molar-refractivity contribution in [3.63, 3.8) is 0 Å². The molecule has 0 atom stereocenters. The number of carbonyl (C=O) groups is 1. The number of sulfone groups is 1. The number of hydrogen-bond acceptors (Lipinski definition) is 3. The number of aryl methyl sites for hydroxylation is 1. The van der Waals surface area contributed by atoms with Gasteiger partial charge in [-0.2, -0.15) is 0 Å². The predicted octanol–water partition coefficient (Wildman–Crippen LogP) is 5.47. The standard InChI is InChI=1S/C25H23ClN2O3S/c1-2-19-7-3-5-9-22(19)27-25(29)16-28-15-24(21-8-4-6-10-23(21)28)32(30,31)17-18-11-13-20(26)14-12-18/h3-15H,2,16-17H2,1H3,(H,27,29). The van der Waals surface area contributed by atoms with Crippen LogP contribution in [0.1, 0.15) is 18.1 Å². The Bertz CT molecular complexity index is 1380. The van der Waals surface area contributed by atoms with Crippen molar-refractivity contribution >= 4 is 43.9 Å². The lowest BCUT2D eigenvalue weighted by Gasteiger charge is -2.10. The average Bonchev–Trinajstić information content (AvgIpc) is 3.15. The Hall–Kier alpha value is -3.09. The smallest absolute Gasteiger partial charge is 0.244 e. The maximum atomic E-state index is 13.2. The third-order valence-corrected chi connectivity index (χ3v) is 7.30. The second kappa shape index (κ2) is 9.18. The maximum absolute atomic E-state index is 13.2. The minimum absolute atomic E-state index is 0.00896. The van der Waals surface area contributed by atoms with Crippen molar-refractivity contribution < 1.29 is 13.2 Å². The normalized spacial score (nSPS) is 11.6. The number of rotatable bonds is 7. The zero-order chi connectivity index (χ0) is 22.7. The van der Waals surface area contributed by atoms with Crippen LogP contribution in [0.4, 0.5) is 5.69 Å². The van der Waals surface area contributed by atoms with Crippen molar-refractivity contribution in [2.75, 3.05) is 5.32 Å². The zero-order valence-corrected chi connectivity index (χ0v) is 19.2. The van der Waals surface area contributed by atoms with Gasteiger partial charge in [-0.05, 0) is 41.8 Å². The lowest BCUT2D eigenvalue weighted by molar-refractivity contribution is -0.116. The molecule has 1 N–H and O–H groups in total. The molecule has 164 valence electrons. The molecule has 0 aliphatic carbocycles. The van der Waals surface area contributed by atoms with Gasteiger partial charge in [0.15, 0.2) is 9.84 Å². The van der Waals surface area contributed by atoms with E-state index in [0.29, 0.717) is 21.5 Å². The Morgan fingerprint density at radius 3 is 2.41 bits per heavy atom. The molecule has 0 spiro atoms. The lowest BCUT2D eigenvalue weighted by Crippen LogP contribution is -2.19. The first-order chi connectivity index (χ1) is 15.4. The summed E-state index contributed by atoms with van der Waals surface area (Å²) in [5.74, 6) is -0.359. The summed E-state index contributed by atoms with van der Waals surface area (Å²) < 4.78 is 28.1. The topological polar surface area (TPSA) is 68.2 Å². The van der Waals surface area contributed by atoms with Gasteiger partial charge in [-0.15, -0.1) is 0 Å². The fourth-order valence-electron chi connectivity index (χ4n) is 3.76. The monoisotopic (exact) mass is 466 g/mol. The number of benzene rings is 3. The van der Waals surface area contributed by atoms with E-state index in [0.717, 1.165) is 17.7 Å². The fraction of sp³-hybridized carbons (Fsp3) is 0.160. The number of para-hydroxylation sites is 2. The van der Waals surface area contributed by atoms with Crippen molar-refractivity contribution in [2.24, 2.45) is 0 Å². The van der Waals surface area contributed by atoms with E-state index in [1.807, 2.05) is 43.3 Å². The molecule has 0 radical (unpaired) electrons. The number of nitrogens with one attached hydrogen (secondary N) is 1. The molecular formula is C25H23ClN2O3S.